The van der Waals surface area contributed by atoms with Gasteiger partial charge in [0.15, 0.2) is 0 Å². The third kappa shape index (κ3) is 5.18. The van der Waals surface area contributed by atoms with Crippen molar-refractivity contribution in [1.29, 1.82) is 0 Å². The van der Waals surface area contributed by atoms with Gasteiger partial charge >= 0.3 is 5.97 Å². The molecule has 2 unspecified atom stereocenters. The summed E-state index contributed by atoms with van der Waals surface area (Å²) >= 11 is 0. The van der Waals surface area contributed by atoms with Crippen LogP contribution in [-0.2, 0) is 22.5 Å². The molecule has 3 heteroatoms. The monoisotopic (exact) mass is 351 g/mol. The van der Waals surface area contributed by atoms with Crippen molar-refractivity contribution in [2.24, 2.45) is 5.92 Å². The number of aryl methyl sites for hydroxylation is 1. The first-order valence-corrected chi connectivity index (χ1v) is 9.73. The second-order valence-corrected chi connectivity index (χ2v) is 7.11. The van der Waals surface area contributed by atoms with Gasteiger partial charge in [0.05, 0.1) is 6.61 Å². The number of nitrogens with zero attached hydrogens (tertiary/aromatic N) is 1. The molecule has 2 atom stereocenters. The molecule has 2 aromatic carbocycles. The number of hydrogen-bond donors (Lipinski definition) is 0. The molecule has 0 amide bonds. The van der Waals surface area contributed by atoms with Gasteiger partial charge in [0, 0.05) is 19.0 Å². The summed E-state index contributed by atoms with van der Waals surface area (Å²) in [7, 11) is 0. The van der Waals surface area contributed by atoms with E-state index in [1.807, 2.05) is 6.92 Å². The van der Waals surface area contributed by atoms with E-state index in [9.17, 15) is 4.79 Å². The lowest BCUT2D eigenvalue weighted by molar-refractivity contribution is -0.144. The van der Waals surface area contributed by atoms with Crippen LogP contribution in [0.3, 0.4) is 0 Å². The SMILES string of the molecule is CCOC(=O)CC1CCN(Cc2ccccc2)C1CCc1ccccc1. The van der Waals surface area contributed by atoms with E-state index in [1.165, 1.54) is 11.1 Å². The van der Waals surface area contributed by atoms with Crippen LogP contribution in [0.4, 0.5) is 0 Å². The summed E-state index contributed by atoms with van der Waals surface area (Å²) in [4.78, 5) is 14.6. The first-order chi connectivity index (χ1) is 12.8. The Hall–Kier alpha value is -2.13. The van der Waals surface area contributed by atoms with E-state index < -0.39 is 0 Å². The van der Waals surface area contributed by atoms with E-state index in [0.29, 0.717) is 25.0 Å². The Morgan fingerprint density at radius 2 is 1.69 bits per heavy atom. The van der Waals surface area contributed by atoms with Crippen LogP contribution in [0, 0.1) is 5.92 Å². The second kappa shape index (κ2) is 9.54. The minimum Gasteiger partial charge on any atom is -0.466 e. The predicted molar refractivity (Wildman–Crippen MR) is 105 cm³/mol. The topological polar surface area (TPSA) is 29.5 Å². The van der Waals surface area contributed by atoms with Gasteiger partial charge in [-0.1, -0.05) is 60.7 Å². The van der Waals surface area contributed by atoms with Crippen molar-refractivity contribution in [3.8, 4) is 0 Å². The van der Waals surface area contributed by atoms with E-state index in [1.54, 1.807) is 0 Å². The molecular formula is C23H29NO2. The van der Waals surface area contributed by atoms with Gasteiger partial charge in [0.25, 0.3) is 0 Å². The molecule has 1 aliphatic rings. The number of likely N-dealkylation sites (tertiary alicyclic amines) is 1. The molecule has 0 bridgehead atoms. The fourth-order valence-corrected chi connectivity index (χ4v) is 4.05. The van der Waals surface area contributed by atoms with Crippen LogP contribution in [0.1, 0.15) is 37.3 Å². The molecule has 0 spiro atoms. The molecule has 138 valence electrons. The molecule has 26 heavy (non-hydrogen) atoms. The fraction of sp³-hybridized carbons (Fsp3) is 0.435. The maximum Gasteiger partial charge on any atom is 0.306 e. The summed E-state index contributed by atoms with van der Waals surface area (Å²) in [6.45, 7) is 4.35. The zero-order chi connectivity index (χ0) is 18.2. The van der Waals surface area contributed by atoms with E-state index in [4.69, 9.17) is 4.74 Å². The molecule has 1 saturated heterocycles. The van der Waals surface area contributed by atoms with Crippen molar-refractivity contribution in [2.45, 2.75) is 45.2 Å². The highest BCUT2D eigenvalue weighted by Crippen LogP contribution is 2.32. The third-order valence-corrected chi connectivity index (χ3v) is 5.33. The van der Waals surface area contributed by atoms with Crippen LogP contribution in [0.2, 0.25) is 0 Å². The number of carbonyl (C=O) groups is 1. The molecule has 1 aliphatic heterocycles. The standard InChI is InChI=1S/C23H29NO2/c1-2-26-23(25)17-21-15-16-24(18-20-11-7-4-8-12-20)22(21)14-13-19-9-5-3-6-10-19/h3-12,21-22H,2,13-18H2,1H3. The minimum absolute atomic E-state index is 0.0521. The van der Waals surface area contributed by atoms with Crippen LogP contribution < -0.4 is 0 Å². The summed E-state index contributed by atoms with van der Waals surface area (Å²) in [5.41, 5.74) is 2.71. The van der Waals surface area contributed by atoms with Gasteiger partial charge in [-0.25, -0.2) is 0 Å². The Labute approximate surface area is 157 Å². The molecule has 0 N–H and O–H groups in total. The van der Waals surface area contributed by atoms with Gasteiger partial charge in [0.1, 0.15) is 0 Å². The normalized spacial score (nSPS) is 20.2. The number of benzene rings is 2. The van der Waals surface area contributed by atoms with Gasteiger partial charge in [-0.15, -0.1) is 0 Å². The zero-order valence-electron chi connectivity index (χ0n) is 15.6. The lowest BCUT2D eigenvalue weighted by Crippen LogP contribution is -2.34. The van der Waals surface area contributed by atoms with Crippen molar-refractivity contribution in [3.05, 3.63) is 71.8 Å². The van der Waals surface area contributed by atoms with Crippen molar-refractivity contribution < 1.29 is 9.53 Å². The molecule has 0 aliphatic carbocycles. The van der Waals surface area contributed by atoms with E-state index in [2.05, 4.69) is 65.6 Å². The summed E-state index contributed by atoms with van der Waals surface area (Å²) in [5, 5.41) is 0. The zero-order valence-corrected chi connectivity index (χ0v) is 15.6. The second-order valence-electron chi connectivity index (χ2n) is 7.11. The average molecular weight is 351 g/mol. The highest BCUT2D eigenvalue weighted by atomic mass is 16.5. The van der Waals surface area contributed by atoms with Crippen molar-refractivity contribution >= 4 is 5.97 Å². The van der Waals surface area contributed by atoms with Crippen LogP contribution in [0.5, 0.6) is 0 Å². The fourth-order valence-electron chi connectivity index (χ4n) is 4.05. The molecule has 3 rings (SSSR count). The first-order valence-electron chi connectivity index (χ1n) is 9.73. The Kier molecular flexibility index (Phi) is 6.84. The molecule has 0 aromatic heterocycles. The number of carbonyl (C=O) groups excluding carboxylic acids is 1. The lowest BCUT2D eigenvalue weighted by atomic mass is 9.91. The molecule has 1 fully saturated rings. The smallest absolute Gasteiger partial charge is 0.306 e. The summed E-state index contributed by atoms with van der Waals surface area (Å²) in [5.74, 6) is 0.338. The maximum atomic E-state index is 12.0. The minimum atomic E-state index is -0.0521. The Balaban J connectivity index is 1.67. The van der Waals surface area contributed by atoms with E-state index >= 15 is 0 Å². The van der Waals surface area contributed by atoms with Gasteiger partial charge in [-0.3, -0.25) is 9.69 Å². The molecule has 0 radical (unpaired) electrons. The average Bonchev–Trinajstić information content (AvgIpc) is 3.03. The van der Waals surface area contributed by atoms with Crippen molar-refractivity contribution in [3.63, 3.8) is 0 Å². The lowest BCUT2D eigenvalue weighted by Gasteiger charge is -2.28. The van der Waals surface area contributed by atoms with Crippen molar-refractivity contribution in [1.82, 2.24) is 4.90 Å². The number of rotatable bonds is 8. The van der Waals surface area contributed by atoms with Gasteiger partial charge < -0.3 is 4.74 Å². The van der Waals surface area contributed by atoms with Crippen LogP contribution in [-0.4, -0.2) is 30.1 Å². The summed E-state index contributed by atoms with van der Waals surface area (Å²) < 4.78 is 5.21. The third-order valence-electron chi connectivity index (χ3n) is 5.33. The molecule has 0 saturated carbocycles. The van der Waals surface area contributed by atoms with Crippen molar-refractivity contribution in [2.75, 3.05) is 13.2 Å². The van der Waals surface area contributed by atoms with Gasteiger partial charge in [-0.2, -0.15) is 0 Å². The van der Waals surface area contributed by atoms with Crippen LogP contribution in [0.25, 0.3) is 0 Å². The maximum absolute atomic E-state index is 12.0. The quantitative estimate of drug-likeness (QED) is 0.658. The molecule has 3 nitrogen and oxygen atoms in total. The van der Waals surface area contributed by atoms with E-state index in [0.717, 1.165) is 32.4 Å². The highest BCUT2D eigenvalue weighted by molar-refractivity contribution is 5.69. The Bertz CT molecular complexity index is 671. The van der Waals surface area contributed by atoms with Gasteiger partial charge in [0.2, 0.25) is 0 Å². The Morgan fingerprint density at radius 1 is 1.04 bits per heavy atom. The number of hydrogen-bond acceptors (Lipinski definition) is 3. The summed E-state index contributed by atoms with van der Waals surface area (Å²) in [6.07, 6.45) is 3.75. The first kappa shape index (κ1) is 18.7. The summed E-state index contributed by atoms with van der Waals surface area (Å²) in [6, 6.07) is 21.7. The van der Waals surface area contributed by atoms with Crippen LogP contribution in [0.15, 0.2) is 60.7 Å². The molecular weight excluding hydrogens is 322 g/mol. The predicted octanol–water partition coefficient (Wildman–Crippen LogP) is 4.46. The highest BCUT2D eigenvalue weighted by Gasteiger charge is 2.35. The largest absolute Gasteiger partial charge is 0.466 e. The number of ether oxygens (including phenoxy) is 1. The van der Waals surface area contributed by atoms with Gasteiger partial charge in [-0.05, 0) is 49.8 Å². The van der Waals surface area contributed by atoms with E-state index in [-0.39, 0.29) is 5.97 Å². The Morgan fingerprint density at radius 3 is 2.35 bits per heavy atom. The molecule has 2 aromatic rings. The number of esters is 1. The molecule has 1 heterocycles. The van der Waals surface area contributed by atoms with Crippen LogP contribution >= 0.6 is 0 Å².